The summed E-state index contributed by atoms with van der Waals surface area (Å²) >= 11 is 0. The van der Waals surface area contributed by atoms with Crippen LogP contribution in [0.2, 0.25) is 0 Å². The van der Waals surface area contributed by atoms with Gasteiger partial charge in [-0.2, -0.15) is 0 Å². The van der Waals surface area contributed by atoms with E-state index >= 15 is 0 Å². The fourth-order valence-electron chi connectivity index (χ4n) is 1.20. The van der Waals surface area contributed by atoms with Gasteiger partial charge in [0.2, 0.25) is 0 Å². The number of aryl methyl sites for hydroxylation is 2. The third kappa shape index (κ3) is 1.86. The van der Waals surface area contributed by atoms with E-state index in [2.05, 4.69) is 6.07 Å². The summed E-state index contributed by atoms with van der Waals surface area (Å²) in [7, 11) is 0. The molecule has 62 valence electrons. The van der Waals surface area contributed by atoms with Crippen molar-refractivity contribution in [3.8, 4) is 5.75 Å². The van der Waals surface area contributed by atoms with Crippen LogP contribution >= 0.6 is 0 Å². The van der Waals surface area contributed by atoms with Gasteiger partial charge in [-0.1, -0.05) is 6.07 Å². The minimum absolute atomic E-state index is 0. The Bertz CT molecular complexity index is 266. The van der Waals surface area contributed by atoms with E-state index in [0.29, 0.717) is 5.75 Å². The van der Waals surface area contributed by atoms with Crippen molar-refractivity contribution >= 4 is 18.9 Å². The molecule has 0 aliphatic rings. The molecule has 0 saturated heterocycles. The quantitative estimate of drug-likeness (QED) is 0.572. The molecule has 0 saturated carbocycles. The van der Waals surface area contributed by atoms with Crippen molar-refractivity contribution in [3.63, 3.8) is 0 Å². The molecule has 0 unspecified atom stereocenters. The summed E-state index contributed by atoms with van der Waals surface area (Å²) in [4.78, 5) is 0. The Hall–Kier alpha value is -0.383. The maximum absolute atomic E-state index is 9.57. The summed E-state index contributed by atoms with van der Waals surface area (Å²) in [5, 5.41) is 9.57. The van der Waals surface area contributed by atoms with Crippen molar-refractivity contribution in [1.82, 2.24) is 0 Å². The zero-order chi connectivity index (χ0) is 8.59. The Balaban J connectivity index is 0.00000121. The fourth-order valence-corrected chi connectivity index (χ4v) is 1.20. The molecule has 1 aromatic rings. The molecule has 0 aromatic heterocycles. The van der Waals surface area contributed by atoms with Gasteiger partial charge in [0.05, 0.1) is 0 Å². The topological polar surface area (TPSA) is 20.2 Å². The molecule has 1 nitrogen and oxygen atoms in total. The summed E-state index contributed by atoms with van der Waals surface area (Å²) in [6.45, 7) is 7.91. The van der Waals surface area contributed by atoms with Crippen LogP contribution in [0.5, 0.6) is 5.75 Å². The van der Waals surface area contributed by atoms with Gasteiger partial charge in [-0.25, -0.2) is 0 Å². The second-order valence-electron chi connectivity index (χ2n) is 3.11. The van der Waals surface area contributed by atoms with Crippen molar-refractivity contribution < 1.29 is 5.11 Å². The number of benzene rings is 1. The predicted molar refractivity (Wildman–Crippen MR) is 54.2 cm³/mol. The zero-order valence-electron chi connectivity index (χ0n) is 7.52. The fraction of sp³-hybridized carbons (Fsp3) is 0.400. The first-order chi connectivity index (χ1) is 5.04. The SMILES string of the molecule is Cc1cc(C)c(C)c(O)c1C.[LiH]. The molecule has 0 aliphatic heterocycles. The van der Waals surface area contributed by atoms with Gasteiger partial charge in [-0.3, -0.25) is 0 Å². The van der Waals surface area contributed by atoms with Crippen molar-refractivity contribution in [3.05, 3.63) is 28.3 Å². The van der Waals surface area contributed by atoms with Gasteiger partial charge in [0.25, 0.3) is 0 Å². The number of phenolic OH excluding ortho intramolecular Hbond substituents is 1. The van der Waals surface area contributed by atoms with Crippen LogP contribution in [0.25, 0.3) is 0 Å². The Labute approximate surface area is 86.0 Å². The molecular formula is C10H15LiO. The molecule has 1 rings (SSSR count). The van der Waals surface area contributed by atoms with Crippen LogP contribution < -0.4 is 0 Å². The minimum atomic E-state index is 0. The first kappa shape index (κ1) is 11.6. The van der Waals surface area contributed by atoms with Crippen molar-refractivity contribution in [2.75, 3.05) is 0 Å². The van der Waals surface area contributed by atoms with Crippen LogP contribution in [0.1, 0.15) is 22.3 Å². The average molecular weight is 158 g/mol. The van der Waals surface area contributed by atoms with Gasteiger partial charge < -0.3 is 5.11 Å². The number of hydrogen-bond donors (Lipinski definition) is 1. The van der Waals surface area contributed by atoms with Crippen LogP contribution in [0.15, 0.2) is 6.07 Å². The maximum atomic E-state index is 9.57. The van der Waals surface area contributed by atoms with E-state index in [1.807, 2.05) is 27.7 Å². The standard InChI is InChI=1S/C10H14O.Li.H/c1-6-5-7(2)9(4)10(11)8(6)3;;/h5,11H,1-4H3;;. The van der Waals surface area contributed by atoms with Crippen LogP contribution in [-0.4, -0.2) is 24.0 Å². The van der Waals surface area contributed by atoms with Crippen LogP contribution in [0.4, 0.5) is 0 Å². The number of rotatable bonds is 0. The van der Waals surface area contributed by atoms with E-state index in [1.54, 1.807) is 0 Å². The van der Waals surface area contributed by atoms with Crippen molar-refractivity contribution in [2.45, 2.75) is 27.7 Å². The van der Waals surface area contributed by atoms with Gasteiger partial charge in [0.15, 0.2) is 0 Å². The third-order valence-corrected chi connectivity index (χ3v) is 2.33. The Morgan fingerprint density at radius 2 is 1.25 bits per heavy atom. The van der Waals surface area contributed by atoms with E-state index in [1.165, 1.54) is 0 Å². The van der Waals surface area contributed by atoms with Gasteiger partial charge in [0, 0.05) is 0 Å². The van der Waals surface area contributed by atoms with Crippen LogP contribution in [0, 0.1) is 27.7 Å². The van der Waals surface area contributed by atoms with Crippen LogP contribution in [0.3, 0.4) is 0 Å². The number of hydrogen-bond acceptors (Lipinski definition) is 1. The molecule has 0 amide bonds. The molecule has 2 heteroatoms. The van der Waals surface area contributed by atoms with E-state index in [0.717, 1.165) is 22.3 Å². The molecule has 0 bridgehead atoms. The Morgan fingerprint density at radius 1 is 0.917 bits per heavy atom. The van der Waals surface area contributed by atoms with E-state index in [4.69, 9.17) is 0 Å². The summed E-state index contributed by atoms with van der Waals surface area (Å²) in [5.41, 5.74) is 4.30. The summed E-state index contributed by atoms with van der Waals surface area (Å²) < 4.78 is 0. The molecule has 12 heavy (non-hydrogen) atoms. The Kier molecular flexibility index (Phi) is 3.90. The number of aromatic hydroxyl groups is 1. The second-order valence-corrected chi connectivity index (χ2v) is 3.11. The summed E-state index contributed by atoms with van der Waals surface area (Å²) in [6.07, 6.45) is 0. The first-order valence-electron chi connectivity index (χ1n) is 3.80. The van der Waals surface area contributed by atoms with E-state index in [9.17, 15) is 5.11 Å². The molecule has 0 fully saturated rings. The Morgan fingerprint density at radius 3 is 1.58 bits per heavy atom. The molecular weight excluding hydrogens is 143 g/mol. The van der Waals surface area contributed by atoms with Gasteiger partial charge >= 0.3 is 18.9 Å². The van der Waals surface area contributed by atoms with Crippen molar-refractivity contribution in [1.29, 1.82) is 0 Å². The van der Waals surface area contributed by atoms with E-state index < -0.39 is 0 Å². The zero-order valence-corrected chi connectivity index (χ0v) is 7.52. The third-order valence-electron chi connectivity index (χ3n) is 2.33. The van der Waals surface area contributed by atoms with Gasteiger partial charge in [0.1, 0.15) is 5.75 Å². The predicted octanol–water partition coefficient (Wildman–Crippen LogP) is 1.98. The molecule has 0 heterocycles. The molecule has 1 aromatic carbocycles. The van der Waals surface area contributed by atoms with Crippen LogP contribution in [-0.2, 0) is 0 Å². The second kappa shape index (κ2) is 4.03. The van der Waals surface area contributed by atoms with E-state index in [-0.39, 0.29) is 18.9 Å². The molecule has 0 radical (unpaired) electrons. The normalized spacial score (nSPS) is 9.33. The monoisotopic (exact) mass is 158 g/mol. The molecule has 1 N–H and O–H groups in total. The molecule has 0 aliphatic carbocycles. The summed E-state index contributed by atoms with van der Waals surface area (Å²) in [5.74, 6) is 0.447. The average Bonchev–Trinajstić information content (AvgIpc) is 1.97. The first-order valence-corrected chi connectivity index (χ1v) is 3.80. The molecule has 0 spiro atoms. The molecule has 0 atom stereocenters. The number of phenols is 1. The van der Waals surface area contributed by atoms with Crippen molar-refractivity contribution in [2.24, 2.45) is 0 Å². The van der Waals surface area contributed by atoms with Gasteiger partial charge in [-0.15, -0.1) is 0 Å². The van der Waals surface area contributed by atoms with Gasteiger partial charge in [-0.05, 0) is 49.9 Å². The summed E-state index contributed by atoms with van der Waals surface area (Å²) in [6, 6.07) is 2.10.